The van der Waals surface area contributed by atoms with Crippen LogP contribution in [0.15, 0.2) is 24.3 Å². The summed E-state index contributed by atoms with van der Waals surface area (Å²) < 4.78 is 11.5. The lowest BCUT2D eigenvalue weighted by molar-refractivity contribution is 0.0209. The zero-order valence-electron chi connectivity index (χ0n) is 11.3. The van der Waals surface area contributed by atoms with Crippen LogP contribution in [-0.2, 0) is 4.74 Å². The minimum absolute atomic E-state index is 0.0478. The first kappa shape index (κ1) is 13.4. The summed E-state index contributed by atoms with van der Waals surface area (Å²) in [4.78, 5) is 0. The normalized spacial score (nSPS) is 25.7. The van der Waals surface area contributed by atoms with E-state index >= 15 is 0 Å². The maximum atomic E-state index is 6.04. The van der Waals surface area contributed by atoms with E-state index < -0.39 is 0 Å². The van der Waals surface area contributed by atoms with Gasteiger partial charge < -0.3 is 15.2 Å². The maximum Gasteiger partial charge on any atom is 0.120 e. The molecule has 3 unspecified atom stereocenters. The number of nitrogens with two attached hydrogens (primary N) is 1. The third kappa shape index (κ3) is 3.47. The molecule has 2 rings (SSSR count). The molecule has 3 atom stereocenters. The van der Waals surface area contributed by atoms with Crippen molar-refractivity contribution in [1.29, 1.82) is 0 Å². The van der Waals surface area contributed by atoms with Gasteiger partial charge in [0.1, 0.15) is 11.9 Å². The van der Waals surface area contributed by atoms with Crippen molar-refractivity contribution in [3.63, 3.8) is 0 Å². The minimum atomic E-state index is 0.0478. The molecule has 0 spiro atoms. The molecule has 0 bridgehead atoms. The largest absolute Gasteiger partial charge is 0.490 e. The van der Waals surface area contributed by atoms with Crippen LogP contribution in [-0.4, -0.2) is 19.3 Å². The zero-order chi connectivity index (χ0) is 13.0. The third-order valence-corrected chi connectivity index (χ3v) is 3.60. The molecule has 100 valence electrons. The van der Waals surface area contributed by atoms with E-state index in [0.29, 0.717) is 6.10 Å². The van der Waals surface area contributed by atoms with E-state index in [1.807, 2.05) is 31.2 Å². The van der Waals surface area contributed by atoms with Gasteiger partial charge in [-0.05, 0) is 43.9 Å². The smallest absolute Gasteiger partial charge is 0.120 e. The third-order valence-electron chi connectivity index (χ3n) is 3.60. The molecule has 0 saturated heterocycles. The fourth-order valence-electron chi connectivity index (χ4n) is 2.49. The van der Waals surface area contributed by atoms with Gasteiger partial charge in [0.2, 0.25) is 0 Å². The Bertz CT molecular complexity index is 379. The van der Waals surface area contributed by atoms with E-state index in [1.54, 1.807) is 7.11 Å². The van der Waals surface area contributed by atoms with Crippen molar-refractivity contribution in [2.75, 3.05) is 7.11 Å². The van der Waals surface area contributed by atoms with E-state index in [0.717, 1.165) is 30.6 Å². The van der Waals surface area contributed by atoms with Crippen LogP contribution in [0.2, 0.25) is 0 Å². The lowest BCUT2D eigenvalue weighted by atomic mass is 9.95. The van der Waals surface area contributed by atoms with E-state index in [1.165, 1.54) is 6.42 Å². The second-order valence-electron chi connectivity index (χ2n) is 5.13. The molecule has 2 N–H and O–H groups in total. The molecule has 3 heteroatoms. The monoisotopic (exact) mass is 249 g/mol. The Morgan fingerprint density at radius 1 is 1.28 bits per heavy atom. The predicted molar refractivity (Wildman–Crippen MR) is 72.7 cm³/mol. The highest BCUT2D eigenvalue weighted by molar-refractivity contribution is 5.30. The van der Waals surface area contributed by atoms with Crippen molar-refractivity contribution < 1.29 is 9.47 Å². The first-order chi connectivity index (χ1) is 8.69. The molecule has 1 fully saturated rings. The van der Waals surface area contributed by atoms with Crippen molar-refractivity contribution in [3.8, 4) is 5.75 Å². The van der Waals surface area contributed by atoms with Crippen LogP contribution in [0.25, 0.3) is 0 Å². The molecule has 18 heavy (non-hydrogen) atoms. The van der Waals surface area contributed by atoms with E-state index in [4.69, 9.17) is 15.2 Å². The average molecular weight is 249 g/mol. The number of benzene rings is 1. The summed E-state index contributed by atoms with van der Waals surface area (Å²) in [5.41, 5.74) is 7.00. The molecule has 0 radical (unpaired) electrons. The molecule has 0 aliphatic heterocycles. The first-order valence-corrected chi connectivity index (χ1v) is 6.74. The van der Waals surface area contributed by atoms with Gasteiger partial charge in [0.05, 0.1) is 6.10 Å². The number of hydrogen-bond donors (Lipinski definition) is 1. The summed E-state index contributed by atoms with van der Waals surface area (Å²) in [7, 11) is 1.78. The lowest BCUT2D eigenvalue weighted by Crippen LogP contribution is -2.29. The van der Waals surface area contributed by atoms with Gasteiger partial charge in [-0.1, -0.05) is 12.1 Å². The molecule has 3 nitrogen and oxygen atoms in total. The first-order valence-electron chi connectivity index (χ1n) is 6.74. The molecule has 0 heterocycles. The predicted octanol–water partition coefficient (Wildman–Crippen LogP) is 3.04. The van der Waals surface area contributed by atoms with Crippen molar-refractivity contribution >= 4 is 0 Å². The molecule has 1 aliphatic carbocycles. The van der Waals surface area contributed by atoms with Crippen molar-refractivity contribution in [1.82, 2.24) is 0 Å². The van der Waals surface area contributed by atoms with Gasteiger partial charge in [0, 0.05) is 19.6 Å². The van der Waals surface area contributed by atoms with Crippen LogP contribution in [0.3, 0.4) is 0 Å². The van der Waals surface area contributed by atoms with Crippen LogP contribution >= 0.6 is 0 Å². The molecule has 1 aromatic rings. The van der Waals surface area contributed by atoms with E-state index in [-0.39, 0.29) is 12.1 Å². The van der Waals surface area contributed by atoms with Gasteiger partial charge in [-0.3, -0.25) is 0 Å². The van der Waals surface area contributed by atoms with Crippen LogP contribution in [0.1, 0.15) is 44.2 Å². The molecular formula is C15H23NO2. The summed E-state index contributed by atoms with van der Waals surface area (Å²) in [5, 5.41) is 0. The van der Waals surface area contributed by atoms with Gasteiger partial charge in [-0.2, -0.15) is 0 Å². The second kappa shape index (κ2) is 6.21. The number of ether oxygens (including phenoxy) is 2. The summed E-state index contributed by atoms with van der Waals surface area (Å²) in [6.45, 7) is 1.99. The Labute approximate surface area is 109 Å². The van der Waals surface area contributed by atoms with E-state index in [2.05, 4.69) is 0 Å². The standard InChI is InChI=1S/C15H23NO2/c1-11(16)12-5-3-7-14(9-12)18-15-8-4-6-13(10-15)17-2/h3,5,7,9,11,13,15H,4,6,8,10,16H2,1-2H3. The average Bonchev–Trinajstić information content (AvgIpc) is 2.39. The van der Waals surface area contributed by atoms with Crippen molar-refractivity contribution in [3.05, 3.63) is 29.8 Å². The Kier molecular flexibility index (Phi) is 4.61. The highest BCUT2D eigenvalue weighted by atomic mass is 16.5. The van der Waals surface area contributed by atoms with Gasteiger partial charge in [-0.15, -0.1) is 0 Å². The van der Waals surface area contributed by atoms with Crippen LogP contribution in [0.4, 0.5) is 0 Å². The zero-order valence-corrected chi connectivity index (χ0v) is 11.3. The maximum absolute atomic E-state index is 6.04. The minimum Gasteiger partial charge on any atom is -0.490 e. The fourth-order valence-corrected chi connectivity index (χ4v) is 2.49. The molecule has 0 amide bonds. The number of methoxy groups -OCH3 is 1. The SMILES string of the molecule is COC1CCCC(Oc2cccc(C(C)N)c2)C1. The Hall–Kier alpha value is -1.06. The Balaban J connectivity index is 1.98. The fraction of sp³-hybridized carbons (Fsp3) is 0.600. The van der Waals surface area contributed by atoms with Crippen LogP contribution in [0.5, 0.6) is 5.75 Å². The number of rotatable bonds is 4. The van der Waals surface area contributed by atoms with Crippen molar-refractivity contribution in [2.45, 2.75) is 50.9 Å². The topological polar surface area (TPSA) is 44.5 Å². The van der Waals surface area contributed by atoms with Gasteiger partial charge in [-0.25, -0.2) is 0 Å². The number of hydrogen-bond acceptors (Lipinski definition) is 3. The molecule has 0 aromatic heterocycles. The quantitative estimate of drug-likeness (QED) is 0.892. The summed E-state index contributed by atoms with van der Waals surface area (Å²) >= 11 is 0. The summed E-state index contributed by atoms with van der Waals surface area (Å²) in [6.07, 6.45) is 5.04. The Morgan fingerprint density at radius 3 is 2.78 bits per heavy atom. The summed E-state index contributed by atoms with van der Waals surface area (Å²) in [6, 6.07) is 8.14. The Morgan fingerprint density at radius 2 is 2.06 bits per heavy atom. The van der Waals surface area contributed by atoms with Gasteiger partial charge in [0.25, 0.3) is 0 Å². The van der Waals surface area contributed by atoms with Gasteiger partial charge in [0.15, 0.2) is 0 Å². The highest BCUT2D eigenvalue weighted by Crippen LogP contribution is 2.26. The highest BCUT2D eigenvalue weighted by Gasteiger charge is 2.23. The van der Waals surface area contributed by atoms with Crippen LogP contribution in [0, 0.1) is 0 Å². The van der Waals surface area contributed by atoms with Crippen LogP contribution < -0.4 is 10.5 Å². The second-order valence-corrected chi connectivity index (χ2v) is 5.13. The lowest BCUT2D eigenvalue weighted by Gasteiger charge is -2.28. The summed E-state index contributed by atoms with van der Waals surface area (Å²) in [5.74, 6) is 0.923. The molecule has 1 aromatic carbocycles. The van der Waals surface area contributed by atoms with E-state index in [9.17, 15) is 0 Å². The van der Waals surface area contributed by atoms with Crippen molar-refractivity contribution in [2.24, 2.45) is 5.73 Å². The molecule has 1 aliphatic rings. The molecular weight excluding hydrogens is 226 g/mol. The van der Waals surface area contributed by atoms with Gasteiger partial charge >= 0.3 is 0 Å². The molecule has 1 saturated carbocycles.